The van der Waals surface area contributed by atoms with E-state index in [1.165, 1.54) is 5.56 Å². The lowest BCUT2D eigenvalue weighted by Crippen LogP contribution is -2.25. The Morgan fingerprint density at radius 2 is 1.90 bits per heavy atom. The summed E-state index contributed by atoms with van der Waals surface area (Å²) in [6, 6.07) is 10.3. The Hall–Kier alpha value is -1.19. The Labute approximate surface area is 125 Å². The van der Waals surface area contributed by atoms with Crippen molar-refractivity contribution in [3.63, 3.8) is 0 Å². The predicted molar refractivity (Wildman–Crippen MR) is 85.9 cm³/mol. The zero-order valence-electron chi connectivity index (χ0n) is 12.5. The zero-order chi connectivity index (χ0) is 14.6. The summed E-state index contributed by atoms with van der Waals surface area (Å²) < 4.78 is 0. The van der Waals surface area contributed by atoms with Crippen LogP contribution < -0.4 is 0 Å². The van der Waals surface area contributed by atoms with Gasteiger partial charge in [0.15, 0.2) is 0 Å². The molecule has 1 heterocycles. The molecule has 0 fully saturated rings. The van der Waals surface area contributed by atoms with Crippen LogP contribution in [-0.2, 0) is 6.42 Å². The zero-order valence-corrected chi connectivity index (χ0v) is 13.3. The van der Waals surface area contributed by atoms with Crippen molar-refractivity contribution in [2.24, 2.45) is 5.41 Å². The number of benzene rings is 1. The fourth-order valence-electron chi connectivity index (χ4n) is 2.05. The molecule has 1 aromatic carbocycles. The summed E-state index contributed by atoms with van der Waals surface area (Å²) in [7, 11) is 0. The third-order valence-corrected chi connectivity index (χ3v) is 4.40. The van der Waals surface area contributed by atoms with E-state index in [1.807, 2.05) is 18.2 Å². The summed E-state index contributed by atoms with van der Waals surface area (Å²) in [5.74, 6) is 0. The number of thiazole rings is 1. The van der Waals surface area contributed by atoms with Crippen molar-refractivity contribution in [2.45, 2.75) is 46.1 Å². The van der Waals surface area contributed by atoms with E-state index < -0.39 is 0 Å². The van der Waals surface area contributed by atoms with Gasteiger partial charge in [-0.3, -0.25) is 0 Å². The summed E-state index contributed by atoms with van der Waals surface area (Å²) >= 11 is 1.71. The van der Waals surface area contributed by atoms with E-state index in [4.69, 9.17) is 0 Å². The maximum absolute atomic E-state index is 10.0. The molecule has 108 valence electrons. The average Bonchev–Trinajstić information content (AvgIpc) is 2.87. The van der Waals surface area contributed by atoms with E-state index in [0.717, 1.165) is 30.0 Å². The van der Waals surface area contributed by atoms with Gasteiger partial charge < -0.3 is 5.11 Å². The fourth-order valence-corrected chi connectivity index (χ4v) is 2.90. The van der Waals surface area contributed by atoms with Gasteiger partial charge in [0, 0.05) is 10.9 Å². The molecular weight excluding hydrogens is 266 g/mol. The number of aromatic nitrogens is 1. The number of aliphatic hydroxyl groups is 1. The van der Waals surface area contributed by atoms with Crippen LogP contribution in [-0.4, -0.2) is 16.2 Å². The van der Waals surface area contributed by atoms with Gasteiger partial charge in [-0.25, -0.2) is 4.98 Å². The lowest BCUT2D eigenvalue weighted by molar-refractivity contribution is 0.0540. The number of nitrogens with zero attached hydrogens (tertiary/aromatic N) is 1. The van der Waals surface area contributed by atoms with E-state index in [-0.39, 0.29) is 11.5 Å². The molecule has 1 N–H and O–H groups in total. The molecule has 0 aliphatic rings. The third-order valence-electron chi connectivity index (χ3n) is 3.49. The van der Waals surface area contributed by atoms with Crippen LogP contribution in [0.3, 0.4) is 0 Å². The van der Waals surface area contributed by atoms with E-state index in [1.54, 1.807) is 11.3 Å². The van der Waals surface area contributed by atoms with E-state index >= 15 is 0 Å². The first-order valence-electron chi connectivity index (χ1n) is 7.15. The molecule has 0 aliphatic carbocycles. The minimum Gasteiger partial charge on any atom is -0.393 e. The number of rotatable bonds is 5. The number of aliphatic hydroxyl groups excluding tert-OH is 1. The lowest BCUT2D eigenvalue weighted by atomic mass is 9.86. The highest BCUT2D eigenvalue weighted by Gasteiger charge is 2.21. The van der Waals surface area contributed by atoms with Crippen LogP contribution >= 0.6 is 11.3 Å². The number of hydrogen-bond acceptors (Lipinski definition) is 3. The molecule has 0 bridgehead atoms. The van der Waals surface area contributed by atoms with Gasteiger partial charge in [-0.05, 0) is 24.7 Å². The molecule has 2 aromatic rings. The maximum atomic E-state index is 10.0. The molecule has 3 heteroatoms. The number of aryl methyl sites for hydroxylation is 1. The molecule has 2 rings (SSSR count). The maximum Gasteiger partial charge on any atom is 0.0932 e. The van der Waals surface area contributed by atoms with Crippen molar-refractivity contribution in [1.82, 2.24) is 4.98 Å². The first-order chi connectivity index (χ1) is 9.47. The van der Waals surface area contributed by atoms with Crippen molar-refractivity contribution in [3.05, 3.63) is 40.7 Å². The highest BCUT2D eigenvalue weighted by atomic mass is 32.1. The van der Waals surface area contributed by atoms with Gasteiger partial charge in [-0.2, -0.15) is 0 Å². The predicted octanol–water partition coefficient (Wildman–Crippen LogP) is 4.54. The van der Waals surface area contributed by atoms with Crippen molar-refractivity contribution in [1.29, 1.82) is 0 Å². The van der Waals surface area contributed by atoms with Crippen LogP contribution in [0.4, 0.5) is 0 Å². The summed E-state index contributed by atoms with van der Waals surface area (Å²) in [5.41, 5.74) is 2.20. The Balaban J connectivity index is 1.88. The topological polar surface area (TPSA) is 33.1 Å². The highest BCUT2D eigenvalue weighted by molar-refractivity contribution is 7.09. The second kappa shape index (κ2) is 6.51. The van der Waals surface area contributed by atoms with Gasteiger partial charge in [0.2, 0.25) is 0 Å². The molecule has 0 radical (unpaired) electrons. The molecule has 1 atom stereocenters. The largest absolute Gasteiger partial charge is 0.393 e. The second-order valence-electron chi connectivity index (χ2n) is 6.27. The van der Waals surface area contributed by atoms with Crippen LogP contribution in [0.15, 0.2) is 35.7 Å². The molecule has 1 aromatic heterocycles. The summed E-state index contributed by atoms with van der Waals surface area (Å²) in [5, 5.41) is 13.3. The lowest BCUT2D eigenvalue weighted by Gasteiger charge is -2.25. The molecule has 20 heavy (non-hydrogen) atoms. The van der Waals surface area contributed by atoms with Gasteiger partial charge in [0.05, 0.1) is 16.8 Å². The Bertz CT molecular complexity index is 527. The normalized spacial score (nSPS) is 13.4. The molecule has 0 amide bonds. The van der Waals surface area contributed by atoms with Gasteiger partial charge in [0.1, 0.15) is 0 Å². The highest BCUT2D eigenvalue weighted by Crippen LogP contribution is 2.25. The molecule has 0 saturated carbocycles. The molecule has 0 aliphatic heterocycles. The van der Waals surface area contributed by atoms with Crippen molar-refractivity contribution < 1.29 is 5.11 Å². The molecule has 2 nitrogen and oxygen atoms in total. The van der Waals surface area contributed by atoms with E-state index in [0.29, 0.717) is 0 Å². The van der Waals surface area contributed by atoms with Gasteiger partial charge in [-0.15, -0.1) is 11.3 Å². The first kappa shape index (κ1) is 15.2. The first-order valence-corrected chi connectivity index (χ1v) is 8.02. The quantitative estimate of drug-likeness (QED) is 0.876. The van der Waals surface area contributed by atoms with Gasteiger partial charge in [-0.1, -0.05) is 51.1 Å². The second-order valence-corrected chi connectivity index (χ2v) is 7.21. The Morgan fingerprint density at radius 3 is 2.55 bits per heavy atom. The molecule has 1 unspecified atom stereocenters. The smallest absolute Gasteiger partial charge is 0.0932 e. The van der Waals surface area contributed by atoms with Crippen molar-refractivity contribution in [2.75, 3.05) is 0 Å². The van der Waals surface area contributed by atoms with E-state index in [2.05, 4.69) is 43.3 Å². The minimum absolute atomic E-state index is 0.0297. The van der Waals surface area contributed by atoms with Crippen LogP contribution in [0.1, 0.15) is 38.6 Å². The summed E-state index contributed by atoms with van der Waals surface area (Å²) in [6.07, 6.45) is 2.53. The van der Waals surface area contributed by atoms with Crippen LogP contribution in [0.25, 0.3) is 11.3 Å². The molecule has 0 saturated heterocycles. The Morgan fingerprint density at radius 1 is 1.20 bits per heavy atom. The van der Waals surface area contributed by atoms with Gasteiger partial charge >= 0.3 is 0 Å². The third kappa shape index (κ3) is 4.15. The fraction of sp³-hybridized carbons (Fsp3) is 0.471. The number of hydrogen-bond donors (Lipinski definition) is 1. The average molecular weight is 289 g/mol. The Kier molecular flexibility index (Phi) is 4.95. The van der Waals surface area contributed by atoms with Crippen molar-refractivity contribution in [3.8, 4) is 11.3 Å². The van der Waals surface area contributed by atoms with Crippen molar-refractivity contribution >= 4 is 11.3 Å². The van der Waals surface area contributed by atoms with E-state index in [9.17, 15) is 5.11 Å². The van der Waals surface area contributed by atoms with Crippen LogP contribution in [0.2, 0.25) is 0 Å². The summed E-state index contributed by atoms with van der Waals surface area (Å²) in [6.45, 7) is 6.23. The SMILES string of the molecule is CC(C)(C)C(O)CCCc1nc(-c2ccccc2)cs1. The molecular formula is C17H23NOS. The minimum atomic E-state index is -0.240. The summed E-state index contributed by atoms with van der Waals surface area (Å²) in [4.78, 5) is 4.68. The standard InChI is InChI=1S/C17H23NOS/c1-17(2,3)15(19)10-7-11-16-18-14(12-20-16)13-8-5-4-6-9-13/h4-6,8-9,12,15,19H,7,10-11H2,1-3H3. The van der Waals surface area contributed by atoms with Crippen LogP contribution in [0.5, 0.6) is 0 Å². The monoisotopic (exact) mass is 289 g/mol. The van der Waals surface area contributed by atoms with Crippen LogP contribution in [0, 0.1) is 5.41 Å². The van der Waals surface area contributed by atoms with Gasteiger partial charge in [0.25, 0.3) is 0 Å². The molecule has 0 spiro atoms.